The van der Waals surface area contributed by atoms with E-state index in [0.29, 0.717) is 11.0 Å². The van der Waals surface area contributed by atoms with Crippen LogP contribution in [0.25, 0.3) is 0 Å². The Kier molecular flexibility index (Phi) is 2.26. The van der Waals surface area contributed by atoms with Gasteiger partial charge in [0, 0.05) is 12.1 Å². The van der Waals surface area contributed by atoms with Crippen molar-refractivity contribution in [3.63, 3.8) is 0 Å². The molecule has 1 atom stereocenters. The van der Waals surface area contributed by atoms with Gasteiger partial charge in [-0.1, -0.05) is 33.8 Å². The monoisotopic (exact) mass is 193 g/mol. The van der Waals surface area contributed by atoms with Crippen molar-refractivity contribution in [2.75, 3.05) is 13.1 Å². The molecule has 0 aromatic heterocycles. The highest BCUT2D eigenvalue weighted by Crippen LogP contribution is 2.54. The summed E-state index contributed by atoms with van der Waals surface area (Å²) >= 11 is 0. The van der Waals surface area contributed by atoms with Gasteiger partial charge < -0.3 is 0 Å². The number of nitrogens with zero attached hydrogens (tertiary/aromatic N) is 1. The molecule has 2 fully saturated rings. The average molecular weight is 193 g/mol. The van der Waals surface area contributed by atoms with Crippen LogP contribution in [0.2, 0.25) is 0 Å². The Hall–Kier alpha value is -0.300. The van der Waals surface area contributed by atoms with E-state index < -0.39 is 0 Å². The van der Waals surface area contributed by atoms with Gasteiger partial charge in [0.05, 0.1) is 0 Å². The predicted octanol–water partition coefficient (Wildman–Crippen LogP) is 3.22. The van der Waals surface area contributed by atoms with Crippen LogP contribution in [0.3, 0.4) is 0 Å². The van der Waals surface area contributed by atoms with Crippen LogP contribution >= 0.6 is 0 Å². The molecule has 0 radical (unpaired) electrons. The van der Waals surface area contributed by atoms with E-state index in [1.807, 2.05) is 0 Å². The third kappa shape index (κ3) is 1.11. The van der Waals surface area contributed by atoms with Gasteiger partial charge in [-0.15, -0.1) is 0 Å². The molecule has 0 aromatic carbocycles. The summed E-state index contributed by atoms with van der Waals surface area (Å²) < 4.78 is 0. The average Bonchev–Trinajstić information content (AvgIpc) is 2.38. The summed E-state index contributed by atoms with van der Waals surface area (Å²) in [6, 6.07) is 0. The second-order valence-electron chi connectivity index (χ2n) is 5.77. The molecule has 1 unspecified atom stereocenters. The number of hydrogen-bond acceptors (Lipinski definition) is 1. The van der Waals surface area contributed by atoms with Gasteiger partial charge in [0.1, 0.15) is 0 Å². The Balaban J connectivity index is 2.32. The molecule has 2 saturated heterocycles. The van der Waals surface area contributed by atoms with Crippen LogP contribution < -0.4 is 0 Å². The molecule has 0 saturated carbocycles. The van der Waals surface area contributed by atoms with E-state index in [1.165, 1.54) is 32.4 Å². The molecule has 0 N–H and O–H groups in total. The van der Waals surface area contributed by atoms with Gasteiger partial charge in [-0.05, 0) is 36.8 Å². The van der Waals surface area contributed by atoms with E-state index in [-0.39, 0.29) is 0 Å². The second-order valence-corrected chi connectivity index (χ2v) is 5.77. The van der Waals surface area contributed by atoms with Crippen molar-refractivity contribution in [3.05, 3.63) is 11.6 Å². The molecule has 1 heteroatoms. The second kappa shape index (κ2) is 3.10. The highest BCUT2D eigenvalue weighted by Gasteiger charge is 2.57. The van der Waals surface area contributed by atoms with Gasteiger partial charge in [0.2, 0.25) is 0 Å². The quantitative estimate of drug-likeness (QED) is 0.578. The Morgan fingerprint density at radius 2 is 2.14 bits per heavy atom. The third-order valence-corrected chi connectivity index (χ3v) is 4.09. The fraction of sp³-hybridized carbons (Fsp3) is 0.846. The first-order chi connectivity index (χ1) is 6.52. The molecule has 80 valence electrons. The van der Waals surface area contributed by atoms with Gasteiger partial charge in [0.15, 0.2) is 0 Å². The molecule has 2 heterocycles. The molecule has 2 rings (SSSR count). The minimum absolute atomic E-state index is 0.406. The molecule has 0 bridgehead atoms. The van der Waals surface area contributed by atoms with Gasteiger partial charge in [-0.25, -0.2) is 0 Å². The molecule has 2 aliphatic rings. The van der Waals surface area contributed by atoms with Crippen LogP contribution in [0.1, 0.15) is 47.0 Å². The van der Waals surface area contributed by atoms with E-state index in [9.17, 15) is 0 Å². The van der Waals surface area contributed by atoms with Crippen LogP contribution in [0.5, 0.6) is 0 Å². The fourth-order valence-corrected chi connectivity index (χ4v) is 3.51. The van der Waals surface area contributed by atoms with Gasteiger partial charge in [0.25, 0.3) is 0 Å². The highest BCUT2D eigenvalue weighted by molar-refractivity contribution is 5.36. The normalized spacial score (nSPS) is 35.9. The SMILES string of the molecule is CC/C=C1/CN2CCCC12C(C)(C)C. The van der Waals surface area contributed by atoms with Gasteiger partial charge in [-0.3, -0.25) is 4.90 Å². The topological polar surface area (TPSA) is 3.24 Å². The first kappa shape index (κ1) is 10.2. The summed E-state index contributed by atoms with van der Waals surface area (Å²) in [6.07, 6.45) is 6.43. The Bertz CT molecular complexity index is 259. The number of hydrogen-bond donors (Lipinski definition) is 0. The van der Waals surface area contributed by atoms with Crippen molar-refractivity contribution < 1.29 is 0 Å². The molecule has 1 nitrogen and oxygen atoms in total. The number of fused-ring (bicyclic) bond motifs is 1. The van der Waals surface area contributed by atoms with Crippen LogP contribution in [-0.4, -0.2) is 23.5 Å². The lowest BCUT2D eigenvalue weighted by atomic mass is 9.62. The summed E-state index contributed by atoms with van der Waals surface area (Å²) in [4.78, 5) is 2.69. The van der Waals surface area contributed by atoms with E-state index >= 15 is 0 Å². The Morgan fingerprint density at radius 3 is 2.64 bits per heavy atom. The first-order valence-corrected chi connectivity index (χ1v) is 5.97. The Morgan fingerprint density at radius 1 is 1.43 bits per heavy atom. The largest absolute Gasteiger partial charge is 0.289 e. The standard InChI is InChI=1S/C13H23N/c1-5-7-11-10-14-9-6-8-13(11,14)12(2,3)4/h7H,5-6,8-10H2,1-4H3/b11-7-. The van der Waals surface area contributed by atoms with Crippen LogP contribution in [0.15, 0.2) is 11.6 Å². The van der Waals surface area contributed by atoms with Gasteiger partial charge in [-0.2, -0.15) is 0 Å². The van der Waals surface area contributed by atoms with Crippen molar-refractivity contribution in [2.24, 2.45) is 5.41 Å². The molecular formula is C13H23N. The lowest BCUT2D eigenvalue weighted by Gasteiger charge is -2.58. The minimum Gasteiger partial charge on any atom is -0.289 e. The van der Waals surface area contributed by atoms with Crippen molar-refractivity contribution in [2.45, 2.75) is 52.5 Å². The predicted molar refractivity (Wildman–Crippen MR) is 61.4 cm³/mol. The lowest BCUT2D eigenvalue weighted by molar-refractivity contribution is 0.00365. The van der Waals surface area contributed by atoms with E-state index in [0.717, 1.165) is 0 Å². The lowest BCUT2D eigenvalue weighted by Crippen LogP contribution is -2.64. The van der Waals surface area contributed by atoms with E-state index in [4.69, 9.17) is 0 Å². The zero-order valence-electron chi connectivity index (χ0n) is 10.1. The van der Waals surface area contributed by atoms with E-state index in [2.05, 4.69) is 38.7 Å². The molecule has 0 aliphatic carbocycles. The molecule has 0 amide bonds. The number of allylic oxidation sites excluding steroid dienone is 1. The van der Waals surface area contributed by atoms with Crippen LogP contribution in [0, 0.1) is 5.41 Å². The molecule has 0 aromatic rings. The maximum absolute atomic E-state index is 2.69. The zero-order chi connectivity index (χ0) is 10.4. The summed E-state index contributed by atoms with van der Waals surface area (Å²) in [6.45, 7) is 12.0. The smallest absolute Gasteiger partial charge is 0.0485 e. The molecular weight excluding hydrogens is 170 g/mol. The fourth-order valence-electron chi connectivity index (χ4n) is 3.51. The first-order valence-electron chi connectivity index (χ1n) is 5.97. The summed E-state index contributed by atoms with van der Waals surface area (Å²) in [7, 11) is 0. The Labute approximate surface area is 88.2 Å². The third-order valence-electron chi connectivity index (χ3n) is 4.09. The van der Waals surface area contributed by atoms with Crippen LogP contribution in [0.4, 0.5) is 0 Å². The minimum atomic E-state index is 0.406. The maximum Gasteiger partial charge on any atom is 0.0485 e. The van der Waals surface area contributed by atoms with Gasteiger partial charge >= 0.3 is 0 Å². The molecule has 14 heavy (non-hydrogen) atoms. The van der Waals surface area contributed by atoms with Crippen molar-refractivity contribution in [1.29, 1.82) is 0 Å². The van der Waals surface area contributed by atoms with Crippen molar-refractivity contribution >= 4 is 0 Å². The van der Waals surface area contributed by atoms with Crippen LogP contribution in [-0.2, 0) is 0 Å². The van der Waals surface area contributed by atoms with E-state index in [1.54, 1.807) is 5.57 Å². The maximum atomic E-state index is 2.69. The summed E-state index contributed by atoms with van der Waals surface area (Å²) in [5, 5.41) is 0. The highest BCUT2D eigenvalue weighted by atomic mass is 15.3. The molecule has 0 spiro atoms. The van der Waals surface area contributed by atoms with Crippen molar-refractivity contribution in [1.82, 2.24) is 4.90 Å². The molecule has 2 aliphatic heterocycles. The zero-order valence-corrected chi connectivity index (χ0v) is 10.1. The number of rotatable bonds is 1. The summed E-state index contributed by atoms with van der Waals surface area (Å²) in [5.41, 5.74) is 2.55. The summed E-state index contributed by atoms with van der Waals surface area (Å²) in [5.74, 6) is 0. The van der Waals surface area contributed by atoms with Crippen molar-refractivity contribution in [3.8, 4) is 0 Å².